The highest BCUT2D eigenvalue weighted by molar-refractivity contribution is 7.85. The summed E-state index contributed by atoms with van der Waals surface area (Å²) < 4.78 is 12.1. The lowest BCUT2D eigenvalue weighted by molar-refractivity contribution is -0.114. The average molecular weight is 278 g/mol. The molecule has 0 heterocycles. The van der Waals surface area contributed by atoms with E-state index in [1.165, 1.54) is 6.92 Å². The predicted octanol–water partition coefficient (Wildman–Crippen LogP) is 2.69. The number of carbonyl (C=O) groups excluding carboxylic acids is 1. The van der Waals surface area contributed by atoms with Crippen molar-refractivity contribution in [3.8, 4) is 6.07 Å². The molecule has 0 saturated heterocycles. The Hall–Kier alpha value is -1.67. The molecule has 1 aromatic rings. The molecule has 0 aromatic heterocycles. The molecule has 1 N–H and O–H groups in total. The van der Waals surface area contributed by atoms with Gasteiger partial charge >= 0.3 is 0 Å². The lowest BCUT2D eigenvalue weighted by Gasteiger charge is -2.14. The summed E-state index contributed by atoms with van der Waals surface area (Å²) in [4.78, 5) is 11.6. The van der Waals surface area contributed by atoms with Crippen molar-refractivity contribution in [3.63, 3.8) is 0 Å². The maximum atomic E-state index is 12.1. The van der Waals surface area contributed by atoms with E-state index < -0.39 is 16.2 Å². The van der Waals surface area contributed by atoms with E-state index in [0.717, 1.165) is 0 Å². The standard InChI is InChI=1S/C14H18N2O2S/c1-11(17)16-12-4-6-13(7-5-12)19(18)9-8-14(2,3)10-15/h4-7H,8-9H2,1-3H3,(H,16,17). The number of hydrogen-bond acceptors (Lipinski definition) is 3. The van der Waals surface area contributed by atoms with Crippen LogP contribution in [0, 0.1) is 16.7 Å². The SMILES string of the molecule is CC(=O)Nc1ccc(S(=O)CCC(C)(C)C#N)cc1. The lowest BCUT2D eigenvalue weighted by atomic mass is 9.93. The molecule has 0 fully saturated rings. The molecule has 1 unspecified atom stereocenters. The molecule has 0 bridgehead atoms. The van der Waals surface area contributed by atoms with Crippen LogP contribution in [0.15, 0.2) is 29.2 Å². The van der Waals surface area contributed by atoms with Gasteiger partial charge in [-0.15, -0.1) is 0 Å². The molecule has 1 amide bonds. The molecule has 0 aliphatic heterocycles. The highest BCUT2D eigenvalue weighted by atomic mass is 32.2. The number of nitrogens with zero attached hydrogens (tertiary/aromatic N) is 1. The van der Waals surface area contributed by atoms with Crippen molar-refractivity contribution < 1.29 is 9.00 Å². The first-order valence-corrected chi connectivity index (χ1v) is 7.33. The normalized spacial score (nSPS) is 12.5. The molecule has 5 heteroatoms. The second-order valence-corrected chi connectivity index (χ2v) is 6.57. The summed E-state index contributed by atoms with van der Waals surface area (Å²) in [5.74, 6) is 0.324. The molecular weight excluding hydrogens is 260 g/mol. The van der Waals surface area contributed by atoms with Gasteiger partial charge in [0.15, 0.2) is 0 Å². The van der Waals surface area contributed by atoms with Crippen LogP contribution in [0.2, 0.25) is 0 Å². The summed E-state index contributed by atoms with van der Waals surface area (Å²) in [6.45, 7) is 5.12. The van der Waals surface area contributed by atoms with E-state index in [0.29, 0.717) is 22.8 Å². The number of anilines is 1. The van der Waals surface area contributed by atoms with E-state index in [9.17, 15) is 9.00 Å². The quantitative estimate of drug-likeness (QED) is 0.900. The first-order valence-electron chi connectivity index (χ1n) is 6.01. The van der Waals surface area contributed by atoms with Gasteiger partial charge in [-0.05, 0) is 44.5 Å². The van der Waals surface area contributed by atoms with E-state index in [-0.39, 0.29) is 5.91 Å². The van der Waals surface area contributed by atoms with Gasteiger partial charge in [-0.1, -0.05) is 0 Å². The minimum Gasteiger partial charge on any atom is -0.326 e. The van der Waals surface area contributed by atoms with E-state index in [4.69, 9.17) is 5.26 Å². The van der Waals surface area contributed by atoms with Crippen LogP contribution in [0.25, 0.3) is 0 Å². The van der Waals surface area contributed by atoms with Gasteiger partial charge in [0.1, 0.15) is 0 Å². The third-order valence-electron chi connectivity index (χ3n) is 2.65. The summed E-state index contributed by atoms with van der Waals surface area (Å²) in [5, 5.41) is 11.6. The van der Waals surface area contributed by atoms with Crippen molar-refractivity contribution in [3.05, 3.63) is 24.3 Å². The predicted molar refractivity (Wildman–Crippen MR) is 76.0 cm³/mol. The Morgan fingerprint density at radius 2 is 1.95 bits per heavy atom. The number of carbonyl (C=O) groups is 1. The minimum absolute atomic E-state index is 0.135. The van der Waals surface area contributed by atoms with Gasteiger partial charge < -0.3 is 5.32 Å². The van der Waals surface area contributed by atoms with Crippen molar-refractivity contribution in [2.45, 2.75) is 32.1 Å². The van der Waals surface area contributed by atoms with Gasteiger partial charge in [-0.3, -0.25) is 9.00 Å². The topological polar surface area (TPSA) is 70.0 Å². The summed E-state index contributed by atoms with van der Waals surface area (Å²) in [6.07, 6.45) is 0.587. The fourth-order valence-corrected chi connectivity index (χ4v) is 2.79. The second kappa shape index (κ2) is 6.48. The minimum atomic E-state index is -1.12. The van der Waals surface area contributed by atoms with Gasteiger partial charge in [0.05, 0.1) is 22.3 Å². The molecule has 1 aromatic carbocycles. The van der Waals surface area contributed by atoms with E-state index in [2.05, 4.69) is 11.4 Å². The van der Waals surface area contributed by atoms with Crippen molar-refractivity contribution >= 4 is 22.4 Å². The molecule has 0 aliphatic rings. The lowest BCUT2D eigenvalue weighted by Crippen LogP contribution is -2.13. The first-order chi connectivity index (χ1) is 8.84. The van der Waals surface area contributed by atoms with E-state index >= 15 is 0 Å². The van der Waals surface area contributed by atoms with Gasteiger partial charge in [0, 0.05) is 23.3 Å². The smallest absolute Gasteiger partial charge is 0.221 e. The Kier molecular flexibility index (Phi) is 5.25. The largest absolute Gasteiger partial charge is 0.326 e. The fraction of sp³-hybridized carbons (Fsp3) is 0.429. The van der Waals surface area contributed by atoms with Crippen molar-refractivity contribution in [1.82, 2.24) is 0 Å². The number of hydrogen-bond donors (Lipinski definition) is 1. The molecule has 0 saturated carbocycles. The van der Waals surface area contributed by atoms with E-state index in [1.54, 1.807) is 24.3 Å². The summed E-state index contributed by atoms with van der Waals surface area (Å²) in [5.41, 5.74) is 0.233. The van der Waals surface area contributed by atoms with Crippen LogP contribution in [0.4, 0.5) is 5.69 Å². The highest BCUT2D eigenvalue weighted by Crippen LogP contribution is 2.21. The molecule has 0 aliphatic carbocycles. The monoisotopic (exact) mass is 278 g/mol. The van der Waals surface area contributed by atoms with Gasteiger partial charge in [0.2, 0.25) is 5.91 Å². The number of nitrogens with one attached hydrogen (secondary N) is 1. The Morgan fingerprint density at radius 1 is 1.37 bits per heavy atom. The van der Waals surface area contributed by atoms with Crippen LogP contribution in [-0.2, 0) is 15.6 Å². The zero-order valence-corrected chi connectivity index (χ0v) is 12.2. The summed E-state index contributed by atoms with van der Waals surface area (Å²) in [6, 6.07) is 9.12. The Labute approximate surface area is 116 Å². The van der Waals surface area contributed by atoms with Crippen LogP contribution >= 0.6 is 0 Å². The van der Waals surface area contributed by atoms with Gasteiger partial charge in [0.25, 0.3) is 0 Å². The van der Waals surface area contributed by atoms with Gasteiger partial charge in [-0.2, -0.15) is 5.26 Å². The molecule has 102 valence electrons. The number of amides is 1. The summed E-state index contributed by atoms with van der Waals surface area (Å²) in [7, 11) is -1.12. The molecule has 1 rings (SSSR count). The number of rotatable bonds is 5. The molecule has 4 nitrogen and oxygen atoms in total. The Bertz CT molecular complexity index is 515. The third kappa shape index (κ3) is 5.23. The molecule has 1 atom stereocenters. The molecule has 0 spiro atoms. The van der Waals surface area contributed by atoms with Crippen LogP contribution in [0.1, 0.15) is 27.2 Å². The van der Waals surface area contributed by atoms with Crippen LogP contribution in [0.5, 0.6) is 0 Å². The maximum Gasteiger partial charge on any atom is 0.221 e. The Morgan fingerprint density at radius 3 is 2.42 bits per heavy atom. The van der Waals surface area contributed by atoms with Crippen molar-refractivity contribution in [2.24, 2.45) is 5.41 Å². The second-order valence-electron chi connectivity index (χ2n) is 5.00. The molecule has 0 radical (unpaired) electrons. The maximum absolute atomic E-state index is 12.1. The van der Waals surface area contributed by atoms with Crippen LogP contribution < -0.4 is 5.32 Å². The number of benzene rings is 1. The van der Waals surface area contributed by atoms with Crippen molar-refractivity contribution in [2.75, 3.05) is 11.1 Å². The summed E-state index contributed by atoms with van der Waals surface area (Å²) >= 11 is 0. The number of nitriles is 1. The van der Waals surface area contributed by atoms with Gasteiger partial charge in [-0.25, -0.2) is 0 Å². The third-order valence-corrected chi connectivity index (χ3v) is 4.03. The highest BCUT2D eigenvalue weighted by Gasteiger charge is 2.18. The van der Waals surface area contributed by atoms with E-state index in [1.807, 2.05) is 13.8 Å². The van der Waals surface area contributed by atoms with Crippen molar-refractivity contribution in [1.29, 1.82) is 5.26 Å². The van der Waals surface area contributed by atoms with Crippen LogP contribution in [-0.4, -0.2) is 15.9 Å². The average Bonchev–Trinajstić information content (AvgIpc) is 2.36. The Balaban J connectivity index is 2.64. The molecule has 19 heavy (non-hydrogen) atoms. The first kappa shape index (κ1) is 15.4. The van der Waals surface area contributed by atoms with Crippen LogP contribution in [0.3, 0.4) is 0 Å². The fourth-order valence-electron chi connectivity index (χ4n) is 1.41. The molecular formula is C14H18N2O2S. The zero-order valence-electron chi connectivity index (χ0n) is 11.4. The zero-order chi connectivity index (χ0) is 14.5.